The predicted octanol–water partition coefficient (Wildman–Crippen LogP) is -2.33. The lowest BCUT2D eigenvalue weighted by Crippen LogP contribution is -2.46. The first-order chi connectivity index (χ1) is 6.52. The average Bonchev–Trinajstić information content (AvgIpc) is 2.16. The van der Waals surface area contributed by atoms with Crippen LogP contribution in [0.15, 0.2) is 0 Å². The van der Waals surface area contributed by atoms with Gasteiger partial charge in [0.2, 0.25) is 0 Å². The molecule has 0 unspecified atom stereocenters. The van der Waals surface area contributed by atoms with Crippen LogP contribution >= 0.6 is 12.6 Å². The van der Waals surface area contributed by atoms with E-state index in [2.05, 4.69) is 17.9 Å². The fraction of sp³-hybridized carbons (Fsp3) is 0.857. The number of thiol groups is 1. The van der Waals surface area contributed by atoms with Gasteiger partial charge in [-0.1, -0.05) is 0 Å². The van der Waals surface area contributed by atoms with Crippen molar-refractivity contribution in [3.8, 4) is 0 Å². The van der Waals surface area contributed by atoms with Crippen LogP contribution in [0.1, 0.15) is 0 Å². The zero-order valence-electron chi connectivity index (χ0n) is 7.50. The van der Waals surface area contributed by atoms with Gasteiger partial charge in [-0.25, -0.2) is 0 Å². The van der Waals surface area contributed by atoms with E-state index in [0.29, 0.717) is 0 Å². The van der Waals surface area contributed by atoms with Crippen molar-refractivity contribution in [1.82, 2.24) is 5.32 Å². The van der Waals surface area contributed by atoms with Gasteiger partial charge < -0.3 is 25.7 Å². The van der Waals surface area contributed by atoms with Crippen LogP contribution in [0.5, 0.6) is 0 Å². The van der Waals surface area contributed by atoms with Crippen molar-refractivity contribution in [1.29, 1.82) is 0 Å². The number of carboxylic acid groups (broad SMARTS) is 1. The highest BCUT2D eigenvalue weighted by atomic mass is 32.1. The molecule has 0 bridgehead atoms. The SMILES string of the molecule is O=C(O)[C@H](CS)NC[C@H](O)[C@H](O)CO. The molecule has 0 fully saturated rings. The molecule has 0 aromatic heterocycles. The molecule has 0 heterocycles. The van der Waals surface area contributed by atoms with Gasteiger partial charge in [-0.2, -0.15) is 12.6 Å². The minimum Gasteiger partial charge on any atom is -0.480 e. The van der Waals surface area contributed by atoms with E-state index >= 15 is 0 Å². The summed E-state index contributed by atoms with van der Waals surface area (Å²) >= 11 is 3.80. The number of hydrogen-bond acceptors (Lipinski definition) is 6. The van der Waals surface area contributed by atoms with Gasteiger partial charge in [0.1, 0.15) is 12.1 Å². The highest BCUT2D eigenvalue weighted by Crippen LogP contribution is 1.93. The van der Waals surface area contributed by atoms with Crippen LogP contribution in [0.4, 0.5) is 0 Å². The third kappa shape index (κ3) is 4.77. The monoisotopic (exact) mass is 225 g/mol. The van der Waals surface area contributed by atoms with E-state index < -0.39 is 30.8 Å². The number of carboxylic acids is 1. The van der Waals surface area contributed by atoms with Gasteiger partial charge in [0.15, 0.2) is 0 Å². The Hall–Kier alpha value is -0.340. The molecular formula is C7H15NO5S. The van der Waals surface area contributed by atoms with Gasteiger partial charge >= 0.3 is 5.97 Å². The number of rotatable bonds is 7. The highest BCUT2D eigenvalue weighted by Gasteiger charge is 2.19. The van der Waals surface area contributed by atoms with Crippen LogP contribution in [0, 0.1) is 0 Å². The van der Waals surface area contributed by atoms with Gasteiger partial charge in [-0.3, -0.25) is 4.79 Å². The Morgan fingerprint density at radius 1 is 1.36 bits per heavy atom. The third-order valence-corrected chi connectivity index (χ3v) is 2.05. The standard InChI is InChI=1S/C7H15NO5S/c9-2-6(11)5(10)1-8-4(3-14)7(12)13/h4-6,8-11,14H,1-3H2,(H,12,13)/t4-,5-,6+/m0/s1. The molecule has 84 valence electrons. The van der Waals surface area contributed by atoms with Crippen molar-refractivity contribution in [3.63, 3.8) is 0 Å². The van der Waals surface area contributed by atoms with E-state index in [4.69, 9.17) is 20.4 Å². The molecule has 0 aromatic carbocycles. The molecule has 0 amide bonds. The molecule has 0 aliphatic heterocycles. The maximum atomic E-state index is 10.5. The number of hydrogen-bond donors (Lipinski definition) is 6. The van der Waals surface area contributed by atoms with E-state index in [1.54, 1.807) is 0 Å². The smallest absolute Gasteiger partial charge is 0.321 e. The number of aliphatic carboxylic acids is 1. The summed E-state index contributed by atoms with van der Waals surface area (Å²) in [4.78, 5) is 10.5. The molecule has 0 saturated heterocycles. The second kappa shape index (κ2) is 7.02. The maximum Gasteiger partial charge on any atom is 0.321 e. The molecule has 0 aliphatic rings. The van der Waals surface area contributed by atoms with Crippen molar-refractivity contribution in [3.05, 3.63) is 0 Å². The summed E-state index contributed by atoms with van der Waals surface area (Å²) in [5.74, 6) is -0.997. The molecule has 0 aliphatic carbocycles. The summed E-state index contributed by atoms with van der Waals surface area (Å²) < 4.78 is 0. The van der Waals surface area contributed by atoms with E-state index in [1.807, 2.05) is 0 Å². The Morgan fingerprint density at radius 3 is 2.29 bits per heavy atom. The molecule has 7 heteroatoms. The molecule has 0 aromatic rings. The molecule has 14 heavy (non-hydrogen) atoms. The van der Waals surface area contributed by atoms with Crippen LogP contribution in [0.3, 0.4) is 0 Å². The van der Waals surface area contributed by atoms with Gasteiger partial charge in [0, 0.05) is 12.3 Å². The Kier molecular flexibility index (Phi) is 6.85. The summed E-state index contributed by atoms with van der Waals surface area (Å²) in [6.07, 6.45) is -2.46. The van der Waals surface area contributed by atoms with Gasteiger partial charge in [-0.05, 0) is 0 Å². The number of aliphatic hydroxyl groups is 3. The van der Waals surface area contributed by atoms with Crippen molar-refractivity contribution in [2.24, 2.45) is 0 Å². The number of nitrogens with one attached hydrogen (secondary N) is 1. The zero-order valence-corrected chi connectivity index (χ0v) is 8.39. The maximum absolute atomic E-state index is 10.5. The van der Waals surface area contributed by atoms with Crippen molar-refractivity contribution in [2.45, 2.75) is 18.2 Å². The summed E-state index contributed by atoms with van der Waals surface area (Å²) in [5.41, 5.74) is 0. The topological polar surface area (TPSA) is 110 Å². The van der Waals surface area contributed by atoms with Crippen molar-refractivity contribution >= 4 is 18.6 Å². The number of carbonyl (C=O) groups is 1. The molecule has 0 spiro atoms. The molecule has 0 saturated carbocycles. The largest absolute Gasteiger partial charge is 0.480 e. The van der Waals surface area contributed by atoms with E-state index in [9.17, 15) is 4.79 Å². The van der Waals surface area contributed by atoms with E-state index in [0.717, 1.165) is 0 Å². The molecule has 3 atom stereocenters. The minimum absolute atomic E-state index is 0.0806. The Labute approximate surface area is 87.0 Å². The highest BCUT2D eigenvalue weighted by molar-refractivity contribution is 7.80. The molecule has 6 nitrogen and oxygen atoms in total. The average molecular weight is 225 g/mol. The first-order valence-electron chi connectivity index (χ1n) is 4.07. The van der Waals surface area contributed by atoms with Crippen LogP contribution in [-0.2, 0) is 4.79 Å². The lowest BCUT2D eigenvalue weighted by atomic mass is 10.2. The normalized spacial score (nSPS) is 17.4. The second-order valence-electron chi connectivity index (χ2n) is 2.80. The lowest BCUT2D eigenvalue weighted by Gasteiger charge is -2.18. The van der Waals surface area contributed by atoms with Crippen LogP contribution < -0.4 is 5.32 Å². The van der Waals surface area contributed by atoms with E-state index in [-0.39, 0.29) is 12.3 Å². The first-order valence-corrected chi connectivity index (χ1v) is 4.70. The lowest BCUT2D eigenvalue weighted by molar-refractivity contribution is -0.139. The Bertz CT molecular complexity index is 179. The van der Waals surface area contributed by atoms with Gasteiger partial charge in [0.25, 0.3) is 0 Å². The first kappa shape index (κ1) is 13.7. The minimum atomic E-state index is -1.27. The fourth-order valence-corrected chi connectivity index (χ4v) is 1.04. The third-order valence-electron chi connectivity index (χ3n) is 1.69. The van der Waals surface area contributed by atoms with Crippen LogP contribution in [-0.4, -0.2) is 63.5 Å². The molecule has 5 N–H and O–H groups in total. The predicted molar refractivity (Wildman–Crippen MR) is 52.4 cm³/mol. The fourth-order valence-electron chi connectivity index (χ4n) is 0.751. The van der Waals surface area contributed by atoms with Crippen molar-refractivity contribution < 1.29 is 25.2 Å². The van der Waals surface area contributed by atoms with E-state index in [1.165, 1.54) is 0 Å². The van der Waals surface area contributed by atoms with Crippen LogP contribution in [0.25, 0.3) is 0 Å². The summed E-state index contributed by atoms with van der Waals surface area (Å²) in [7, 11) is 0. The summed E-state index contributed by atoms with van der Waals surface area (Å²) in [6, 6.07) is -0.876. The quantitative estimate of drug-likeness (QED) is 0.271. The molecular weight excluding hydrogens is 210 g/mol. The van der Waals surface area contributed by atoms with Crippen LogP contribution in [0.2, 0.25) is 0 Å². The summed E-state index contributed by atoms with van der Waals surface area (Å²) in [5, 5.41) is 37.6. The zero-order chi connectivity index (χ0) is 11.1. The van der Waals surface area contributed by atoms with Gasteiger partial charge in [0.05, 0.1) is 12.7 Å². The second-order valence-corrected chi connectivity index (χ2v) is 3.16. The Balaban J connectivity index is 3.85. The Morgan fingerprint density at radius 2 is 1.93 bits per heavy atom. The number of aliphatic hydroxyl groups excluding tert-OH is 3. The van der Waals surface area contributed by atoms with Crippen molar-refractivity contribution in [2.75, 3.05) is 18.9 Å². The molecule has 0 radical (unpaired) electrons. The van der Waals surface area contributed by atoms with Gasteiger partial charge in [-0.15, -0.1) is 0 Å². The molecule has 0 rings (SSSR count). The summed E-state index contributed by atoms with van der Waals surface area (Å²) in [6.45, 7) is -0.680.